The van der Waals surface area contributed by atoms with Gasteiger partial charge in [0.15, 0.2) is 5.78 Å². The number of rotatable bonds is 14. The minimum absolute atomic E-state index is 0.0547. The predicted molar refractivity (Wildman–Crippen MR) is 223 cm³/mol. The zero-order valence-electron chi connectivity index (χ0n) is 31.9. The molecule has 2 aliphatic rings. The van der Waals surface area contributed by atoms with Gasteiger partial charge >= 0.3 is 0 Å². The van der Waals surface area contributed by atoms with E-state index >= 15 is 0 Å². The van der Waals surface area contributed by atoms with Gasteiger partial charge in [-0.1, -0.05) is 113 Å². The van der Waals surface area contributed by atoms with Crippen molar-refractivity contribution < 1.29 is 24.5 Å². The number of aromatic hydroxyl groups is 2. The summed E-state index contributed by atoms with van der Waals surface area (Å²) < 4.78 is 5.83. The summed E-state index contributed by atoms with van der Waals surface area (Å²) in [6.45, 7) is 5.03. The molecule has 4 N–H and O–H groups in total. The fourth-order valence-corrected chi connectivity index (χ4v) is 9.23. The van der Waals surface area contributed by atoms with Crippen molar-refractivity contribution in [3.05, 3.63) is 119 Å². The largest absolute Gasteiger partial charge is 0.507 e. The molecule has 55 heavy (non-hydrogen) atoms. The van der Waals surface area contributed by atoms with Crippen molar-refractivity contribution in [2.75, 3.05) is 12.3 Å². The summed E-state index contributed by atoms with van der Waals surface area (Å²) in [7, 11) is 0. The monoisotopic (exact) mass is 753 g/mol. The van der Waals surface area contributed by atoms with Crippen LogP contribution in [-0.2, 0) is 0 Å². The standard InChI is InChI=1S/C48H51NO5S/c1-3-5-7-9-30-10-12-31(13-11-30)32-14-16-33(17-15-32)34-20-24-37(25-21-34)55-41-27-26-40(50)43-44(41)47(52)42-39(49)29-38(46(51)45(42)48(43)53)35-18-22-36(23-19-35)54-28-8-6-4-2/h14-27,29-31,50-51H,3-13,28,49H2,1-2H3. The molecule has 0 saturated heterocycles. The highest BCUT2D eigenvalue weighted by Crippen LogP contribution is 2.47. The van der Waals surface area contributed by atoms with Gasteiger partial charge in [-0.2, -0.15) is 0 Å². The average Bonchev–Trinajstić information content (AvgIpc) is 3.21. The molecular weight excluding hydrogens is 703 g/mol. The van der Waals surface area contributed by atoms with E-state index in [9.17, 15) is 19.8 Å². The van der Waals surface area contributed by atoms with Gasteiger partial charge < -0.3 is 20.7 Å². The van der Waals surface area contributed by atoms with Crippen LogP contribution in [0.1, 0.15) is 128 Å². The van der Waals surface area contributed by atoms with Gasteiger partial charge in [0, 0.05) is 21.0 Å². The fourth-order valence-electron chi connectivity index (χ4n) is 8.27. The molecule has 5 aromatic carbocycles. The molecule has 0 heterocycles. The van der Waals surface area contributed by atoms with Crippen molar-refractivity contribution in [2.45, 2.75) is 100 Å². The summed E-state index contributed by atoms with van der Waals surface area (Å²) >= 11 is 1.34. The van der Waals surface area contributed by atoms with Crippen molar-refractivity contribution in [3.8, 4) is 39.5 Å². The first-order chi connectivity index (χ1) is 26.8. The number of carbonyl (C=O) groups is 2. The number of nitrogens with two attached hydrogens (primary N) is 1. The third kappa shape index (κ3) is 8.18. The molecule has 0 aliphatic heterocycles. The molecule has 1 fully saturated rings. The molecule has 0 radical (unpaired) electrons. The number of benzene rings is 5. The molecule has 0 aromatic heterocycles. The molecular formula is C48H51NO5S. The highest BCUT2D eigenvalue weighted by atomic mass is 32.2. The second-order valence-corrected chi connectivity index (χ2v) is 16.3. The number of phenols is 2. The Kier molecular flexibility index (Phi) is 12.0. The Morgan fingerprint density at radius 3 is 1.96 bits per heavy atom. The summed E-state index contributed by atoms with van der Waals surface area (Å²) in [6, 6.07) is 28.9. The molecule has 0 amide bonds. The van der Waals surface area contributed by atoms with Gasteiger partial charge in [0.2, 0.25) is 5.78 Å². The molecule has 7 rings (SSSR count). The molecule has 0 atom stereocenters. The quantitative estimate of drug-likeness (QED) is 0.0577. The number of ketones is 2. The number of fused-ring (bicyclic) bond motifs is 2. The van der Waals surface area contributed by atoms with Crippen LogP contribution in [0.3, 0.4) is 0 Å². The summed E-state index contributed by atoms with van der Waals surface area (Å²) in [5.41, 5.74) is 10.9. The fraction of sp³-hybridized carbons (Fsp3) is 0.333. The lowest BCUT2D eigenvalue weighted by Gasteiger charge is -2.29. The lowest BCUT2D eigenvalue weighted by molar-refractivity contribution is 0.0972. The maximum Gasteiger partial charge on any atom is 0.202 e. The normalized spacial score (nSPS) is 16.5. The molecule has 0 bridgehead atoms. The zero-order valence-corrected chi connectivity index (χ0v) is 32.7. The minimum atomic E-state index is -0.648. The molecule has 7 heteroatoms. The molecule has 2 aliphatic carbocycles. The van der Waals surface area contributed by atoms with E-state index < -0.39 is 11.6 Å². The number of carbonyl (C=O) groups excluding carboxylic acids is 2. The van der Waals surface area contributed by atoms with E-state index in [1.165, 1.54) is 80.8 Å². The van der Waals surface area contributed by atoms with Gasteiger partial charge in [0.25, 0.3) is 0 Å². The van der Waals surface area contributed by atoms with Crippen LogP contribution in [-0.4, -0.2) is 28.4 Å². The molecule has 284 valence electrons. The number of nitrogen functional groups attached to an aromatic ring is 1. The van der Waals surface area contributed by atoms with Gasteiger partial charge in [0.05, 0.1) is 28.9 Å². The van der Waals surface area contributed by atoms with E-state index in [-0.39, 0.29) is 39.4 Å². The van der Waals surface area contributed by atoms with E-state index in [1.807, 2.05) is 12.1 Å². The van der Waals surface area contributed by atoms with Crippen molar-refractivity contribution in [1.82, 2.24) is 0 Å². The summed E-state index contributed by atoms with van der Waals surface area (Å²) in [6.07, 6.45) is 13.8. The van der Waals surface area contributed by atoms with Crippen molar-refractivity contribution in [1.29, 1.82) is 0 Å². The lowest BCUT2D eigenvalue weighted by Crippen LogP contribution is -2.24. The molecule has 1 saturated carbocycles. The van der Waals surface area contributed by atoms with Crippen LogP contribution in [0.25, 0.3) is 22.3 Å². The number of hydrogen-bond donors (Lipinski definition) is 3. The maximum atomic E-state index is 14.2. The van der Waals surface area contributed by atoms with Gasteiger partial charge in [-0.15, -0.1) is 0 Å². The first kappa shape index (κ1) is 38.3. The van der Waals surface area contributed by atoms with E-state index in [0.29, 0.717) is 34.3 Å². The van der Waals surface area contributed by atoms with Crippen molar-refractivity contribution >= 4 is 29.0 Å². The van der Waals surface area contributed by atoms with E-state index in [4.69, 9.17) is 10.5 Å². The molecule has 0 spiro atoms. The Labute approximate surface area is 329 Å². The highest BCUT2D eigenvalue weighted by molar-refractivity contribution is 7.99. The van der Waals surface area contributed by atoms with Crippen LogP contribution in [0.15, 0.2) is 101 Å². The number of unbranched alkanes of at least 4 members (excludes halogenated alkanes) is 4. The number of ether oxygens (including phenoxy) is 1. The molecule has 5 aromatic rings. The number of phenolic OH excluding ortho intramolecular Hbond substituents is 2. The summed E-state index contributed by atoms with van der Waals surface area (Å²) in [5, 5.41) is 22.4. The Morgan fingerprint density at radius 2 is 1.29 bits per heavy atom. The zero-order chi connectivity index (χ0) is 38.5. The SMILES string of the molecule is CCCCCOc1ccc(-c2cc(N)c3c(c2O)C(=O)c2c(O)ccc(Sc4ccc(-c5ccc(C6CCC(CCCCC)CC6)cc5)cc4)c2C3=O)cc1. The van der Waals surface area contributed by atoms with E-state index in [2.05, 4.69) is 50.2 Å². The van der Waals surface area contributed by atoms with Crippen LogP contribution in [0.4, 0.5) is 5.69 Å². The number of hydrogen-bond acceptors (Lipinski definition) is 7. The average molecular weight is 754 g/mol. The van der Waals surface area contributed by atoms with Crippen LogP contribution < -0.4 is 10.5 Å². The van der Waals surface area contributed by atoms with Gasteiger partial charge in [-0.25, -0.2) is 0 Å². The maximum absolute atomic E-state index is 14.2. The first-order valence-electron chi connectivity index (χ1n) is 20.0. The topological polar surface area (TPSA) is 110 Å². The second kappa shape index (κ2) is 17.2. The predicted octanol–water partition coefficient (Wildman–Crippen LogP) is 12.4. The second-order valence-electron chi connectivity index (χ2n) is 15.1. The van der Waals surface area contributed by atoms with Crippen molar-refractivity contribution in [2.24, 2.45) is 5.92 Å². The summed E-state index contributed by atoms with van der Waals surface area (Å²) in [5.74, 6) is 0.405. The van der Waals surface area contributed by atoms with E-state index in [0.717, 1.165) is 41.2 Å². The van der Waals surface area contributed by atoms with Gasteiger partial charge in [0.1, 0.15) is 17.2 Å². The van der Waals surface area contributed by atoms with Crippen LogP contribution in [0.2, 0.25) is 0 Å². The Bertz CT molecular complexity index is 2150. The molecule has 0 unspecified atom stereocenters. The van der Waals surface area contributed by atoms with Crippen LogP contribution >= 0.6 is 11.8 Å². The lowest BCUT2D eigenvalue weighted by atomic mass is 9.77. The van der Waals surface area contributed by atoms with Gasteiger partial charge in [-0.05, 0) is 109 Å². The molecule has 6 nitrogen and oxygen atoms in total. The number of anilines is 1. The van der Waals surface area contributed by atoms with Crippen LogP contribution in [0.5, 0.6) is 17.2 Å². The van der Waals surface area contributed by atoms with Gasteiger partial charge in [-0.3, -0.25) is 9.59 Å². The Balaban J connectivity index is 1.07. The van der Waals surface area contributed by atoms with E-state index in [1.54, 1.807) is 30.3 Å². The summed E-state index contributed by atoms with van der Waals surface area (Å²) in [4.78, 5) is 29.7. The third-order valence-corrected chi connectivity index (χ3v) is 12.5. The smallest absolute Gasteiger partial charge is 0.202 e. The Morgan fingerprint density at radius 1 is 0.673 bits per heavy atom. The Hall–Kier alpha value is -5.01. The highest BCUT2D eigenvalue weighted by Gasteiger charge is 2.39. The van der Waals surface area contributed by atoms with Crippen molar-refractivity contribution in [3.63, 3.8) is 0 Å². The third-order valence-electron chi connectivity index (χ3n) is 11.4. The van der Waals surface area contributed by atoms with Crippen LogP contribution in [0, 0.1) is 5.92 Å². The minimum Gasteiger partial charge on any atom is -0.507 e. The first-order valence-corrected chi connectivity index (χ1v) is 20.8.